The molecule has 1 rings (SSSR count). The second-order valence-corrected chi connectivity index (χ2v) is 4.69. The Morgan fingerprint density at radius 2 is 1.67 bits per heavy atom. The van der Waals surface area contributed by atoms with E-state index in [0.717, 1.165) is 18.3 Å². The molecule has 0 N–H and O–H groups in total. The van der Waals surface area contributed by atoms with Crippen molar-refractivity contribution in [3.63, 3.8) is 0 Å². The highest BCUT2D eigenvalue weighted by atomic mass is 16.1. The quantitative estimate of drug-likeness (QED) is 0.619. The van der Waals surface area contributed by atoms with Crippen LogP contribution in [0, 0.1) is 17.8 Å². The van der Waals surface area contributed by atoms with Crippen LogP contribution < -0.4 is 0 Å². The number of hydrogen-bond acceptors (Lipinski definition) is 1. The molecule has 12 heavy (non-hydrogen) atoms. The molecule has 70 valence electrons. The van der Waals surface area contributed by atoms with E-state index in [1.807, 2.05) is 0 Å². The molecule has 1 aliphatic carbocycles. The molecule has 0 saturated heterocycles. The van der Waals surface area contributed by atoms with Crippen LogP contribution in [0.5, 0.6) is 0 Å². The summed E-state index contributed by atoms with van der Waals surface area (Å²) in [7, 11) is 0. The smallest absolute Gasteiger partial charge is 0.130 e. The molecular weight excluding hydrogens is 148 g/mol. The third-order valence-electron chi connectivity index (χ3n) is 2.85. The van der Waals surface area contributed by atoms with Gasteiger partial charge in [0.2, 0.25) is 0 Å². The maximum atomic E-state index is 10.9. The fourth-order valence-electron chi connectivity index (χ4n) is 2.69. The second kappa shape index (κ2) is 4.06. The van der Waals surface area contributed by atoms with Crippen LogP contribution in [-0.4, -0.2) is 5.78 Å². The van der Waals surface area contributed by atoms with Crippen LogP contribution in [0.25, 0.3) is 0 Å². The summed E-state index contributed by atoms with van der Waals surface area (Å²) in [5.74, 6) is 2.71. The van der Waals surface area contributed by atoms with Crippen molar-refractivity contribution >= 4 is 5.78 Å². The van der Waals surface area contributed by atoms with Crippen LogP contribution in [0.2, 0.25) is 0 Å². The number of Topliss-reactive ketones (excluding diaryl/α,β-unsaturated/α-hetero) is 1. The van der Waals surface area contributed by atoms with Crippen LogP contribution >= 0.6 is 0 Å². The lowest BCUT2D eigenvalue weighted by Crippen LogP contribution is -2.21. The van der Waals surface area contributed by atoms with Crippen molar-refractivity contribution in [1.29, 1.82) is 0 Å². The molecule has 0 heterocycles. The summed E-state index contributed by atoms with van der Waals surface area (Å²) in [5, 5.41) is 0. The van der Waals surface area contributed by atoms with Crippen molar-refractivity contribution in [2.45, 2.75) is 46.5 Å². The molecule has 0 amide bonds. The van der Waals surface area contributed by atoms with Gasteiger partial charge in [0.05, 0.1) is 0 Å². The molecule has 1 nitrogen and oxygen atoms in total. The van der Waals surface area contributed by atoms with Gasteiger partial charge in [0, 0.05) is 6.42 Å². The Labute approximate surface area is 75.5 Å². The molecule has 0 aromatic heterocycles. The van der Waals surface area contributed by atoms with Gasteiger partial charge < -0.3 is 4.79 Å². The summed E-state index contributed by atoms with van der Waals surface area (Å²) in [5.41, 5.74) is 0. The summed E-state index contributed by atoms with van der Waals surface area (Å²) >= 11 is 0. The van der Waals surface area contributed by atoms with Gasteiger partial charge in [0.15, 0.2) is 0 Å². The highest BCUT2D eigenvalue weighted by molar-refractivity contribution is 5.75. The van der Waals surface area contributed by atoms with Crippen LogP contribution in [0.4, 0.5) is 0 Å². The molecule has 1 heteroatoms. The molecule has 1 fully saturated rings. The van der Waals surface area contributed by atoms with Crippen molar-refractivity contribution in [3.05, 3.63) is 0 Å². The number of ketones is 1. The fourth-order valence-corrected chi connectivity index (χ4v) is 2.69. The predicted molar refractivity (Wildman–Crippen MR) is 51.0 cm³/mol. The number of rotatable bonds is 2. The van der Waals surface area contributed by atoms with Crippen molar-refractivity contribution in [3.8, 4) is 0 Å². The summed E-state index contributed by atoms with van der Waals surface area (Å²) in [6.07, 6.45) is 4.71. The normalized spacial score (nSPS) is 36.4. The minimum absolute atomic E-state index is 0.362. The second-order valence-electron chi connectivity index (χ2n) is 4.69. The van der Waals surface area contributed by atoms with Gasteiger partial charge in [-0.25, -0.2) is 0 Å². The standard InChI is InChI=1S/C11H20O/c1-8-4-9(2)6-11(5-8)7-10(3)12/h8-9,11H,4-7H2,1-3H3. The van der Waals surface area contributed by atoms with Crippen LogP contribution in [0.1, 0.15) is 46.5 Å². The summed E-state index contributed by atoms with van der Waals surface area (Å²) in [6, 6.07) is 0. The van der Waals surface area contributed by atoms with Crippen molar-refractivity contribution in [2.24, 2.45) is 17.8 Å². The first-order valence-corrected chi connectivity index (χ1v) is 5.07. The molecule has 0 aromatic carbocycles. The van der Waals surface area contributed by atoms with Crippen molar-refractivity contribution in [2.75, 3.05) is 0 Å². The zero-order valence-electron chi connectivity index (χ0n) is 8.47. The predicted octanol–water partition coefficient (Wildman–Crippen LogP) is 3.04. The minimum Gasteiger partial charge on any atom is -0.300 e. The molecular formula is C11H20O. The van der Waals surface area contributed by atoms with Crippen LogP contribution in [0.3, 0.4) is 0 Å². The van der Waals surface area contributed by atoms with E-state index in [9.17, 15) is 4.79 Å². The van der Waals surface area contributed by atoms with Gasteiger partial charge in [0.25, 0.3) is 0 Å². The highest BCUT2D eigenvalue weighted by Crippen LogP contribution is 2.34. The first kappa shape index (κ1) is 9.76. The van der Waals surface area contributed by atoms with E-state index in [1.165, 1.54) is 19.3 Å². The zero-order valence-corrected chi connectivity index (χ0v) is 8.47. The minimum atomic E-state index is 0.362. The van der Waals surface area contributed by atoms with E-state index < -0.39 is 0 Å². The first-order valence-electron chi connectivity index (χ1n) is 5.07. The van der Waals surface area contributed by atoms with Crippen molar-refractivity contribution in [1.82, 2.24) is 0 Å². The number of carbonyl (C=O) groups is 1. The third kappa shape index (κ3) is 2.96. The zero-order chi connectivity index (χ0) is 9.14. The topological polar surface area (TPSA) is 17.1 Å². The SMILES string of the molecule is CC(=O)CC1CC(C)CC(C)C1. The maximum Gasteiger partial charge on any atom is 0.130 e. The fraction of sp³-hybridized carbons (Fsp3) is 0.909. The van der Waals surface area contributed by atoms with E-state index in [0.29, 0.717) is 11.7 Å². The van der Waals surface area contributed by atoms with E-state index in [1.54, 1.807) is 6.92 Å². The Bertz CT molecular complexity index is 152. The highest BCUT2D eigenvalue weighted by Gasteiger charge is 2.24. The Balaban J connectivity index is 2.38. The average Bonchev–Trinajstić information content (AvgIpc) is 1.81. The van der Waals surface area contributed by atoms with E-state index in [4.69, 9.17) is 0 Å². The molecule has 0 bridgehead atoms. The number of hydrogen-bond donors (Lipinski definition) is 0. The molecule has 2 atom stereocenters. The lowest BCUT2D eigenvalue weighted by atomic mass is 9.75. The van der Waals surface area contributed by atoms with Gasteiger partial charge >= 0.3 is 0 Å². The summed E-state index contributed by atoms with van der Waals surface area (Å²) in [6.45, 7) is 6.33. The lowest BCUT2D eigenvalue weighted by molar-refractivity contribution is -0.118. The molecule has 1 aliphatic rings. The van der Waals surface area contributed by atoms with Gasteiger partial charge in [0.1, 0.15) is 5.78 Å². The summed E-state index contributed by atoms with van der Waals surface area (Å²) in [4.78, 5) is 10.9. The summed E-state index contributed by atoms with van der Waals surface area (Å²) < 4.78 is 0. The molecule has 0 spiro atoms. The Kier molecular flexibility index (Phi) is 3.30. The molecule has 0 aromatic rings. The van der Waals surface area contributed by atoms with E-state index in [2.05, 4.69) is 13.8 Å². The van der Waals surface area contributed by atoms with Gasteiger partial charge in [-0.1, -0.05) is 13.8 Å². The van der Waals surface area contributed by atoms with Gasteiger partial charge in [-0.15, -0.1) is 0 Å². The Morgan fingerprint density at radius 3 is 2.08 bits per heavy atom. The average molecular weight is 168 g/mol. The number of carbonyl (C=O) groups excluding carboxylic acids is 1. The Morgan fingerprint density at radius 1 is 1.17 bits per heavy atom. The van der Waals surface area contributed by atoms with Gasteiger partial charge in [-0.2, -0.15) is 0 Å². The molecule has 2 unspecified atom stereocenters. The molecule has 0 aliphatic heterocycles. The monoisotopic (exact) mass is 168 g/mol. The largest absolute Gasteiger partial charge is 0.300 e. The van der Waals surface area contributed by atoms with E-state index in [-0.39, 0.29) is 0 Å². The van der Waals surface area contributed by atoms with Crippen molar-refractivity contribution < 1.29 is 4.79 Å². The van der Waals surface area contributed by atoms with E-state index >= 15 is 0 Å². The lowest BCUT2D eigenvalue weighted by Gasteiger charge is -2.30. The first-order chi connectivity index (χ1) is 5.58. The molecule has 1 saturated carbocycles. The van der Waals surface area contributed by atoms with Gasteiger partial charge in [-0.3, -0.25) is 0 Å². The molecule has 0 radical (unpaired) electrons. The van der Waals surface area contributed by atoms with Crippen LogP contribution in [0.15, 0.2) is 0 Å². The Hall–Kier alpha value is -0.330. The van der Waals surface area contributed by atoms with Crippen LogP contribution in [-0.2, 0) is 4.79 Å². The van der Waals surface area contributed by atoms with Gasteiger partial charge in [-0.05, 0) is 43.9 Å². The third-order valence-corrected chi connectivity index (χ3v) is 2.85. The maximum absolute atomic E-state index is 10.9.